The van der Waals surface area contributed by atoms with Crippen molar-refractivity contribution in [2.45, 2.75) is 0 Å². The van der Waals surface area contributed by atoms with Crippen LogP contribution in [0.25, 0.3) is 0 Å². The molecule has 0 saturated carbocycles. The normalized spacial score (nSPS) is 14.4. The van der Waals surface area contributed by atoms with E-state index in [-0.39, 0.29) is 26.0 Å². The Morgan fingerprint density at radius 2 is 1.80 bits per heavy atom. The third-order valence-electron chi connectivity index (χ3n) is 1.09. The fourth-order valence-electron chi connectivity index (χ4n) is 0.632. The molecule has 1 aliphatic rings. The minimum Gasteiger partial charge on any atom is -0.517 e. The second kappa shape index (κ2) is 6.79. The van der Waals surface area contributed by atoms with E-state index >= 15 is 0 Å². The number of hydrogen-bond acceptors (Lipinski definition) is 0. The second-order valence-electron chi connectivity index (χ2n) is 1.69. The van der Waals surface area contributed by atoms with E-state index < -0.39 is 0 Å². The summed E-state index contributed by atoms with van der Waals surface area (Å²) < 4.78 is 0. The predicted octanol–water partition coefficient (Wildman–Crippen LogP) is 2.37. The molecule has 1 radical (unpaired) electrons. The van der Waals surface area contributed by atoms with Gasteiger partial charge in [0.15, 0.2) is 0 Å². The van der Waals surface area contributed by atoms with Crippen LogP contribution in [0.1, 0.15) is 0 Å². The van der Waals surface area contributed by atoms with Crippen molar-refractivity contribution < 1.29 is 18.6 Å². The first-order chi connectivity index (χ1) is 3.93. The fraction of sp³-hybridized carbons (Fsp3) is 0.111. The van der Waals surface area contributed by atoms with Crippen LogP contribution < -0.4 is 0 Å². The van der Waals surface area contributed by atoms with Crippen LogP contribution in [0.3, 0.4) is 0 Å². The molecule has 1 aliphatic carbocycles. The maximum absolute atomic E-state index is 3.54. The van der Waals surface area contributed by atoms with Gasteiger partial charge in [-0.2, -0.15) is 18.6 Å². The van der Waals surface area contributed by atoms with E-state index in [9.17, 15) is 0 Å². The topological polar surface area (TPSA) is 0 Å². The molecule has 0 bridgehead atoms. The van der Waals surface area contributed by atoms with E-state index in [0.29, 0.717) is 5.92 Å². The molecule has 1 rings (SSSR count). The Morgan fingerprint density at radius 3 is 2.10 bits per heavy atom. The van der Waals surface area contributed by atoms with Gasteiger partial charge in [0.25, 0.3) is 0 Å². The molecule has 0 nitrogen and oxygen atoms in total. The molecule has 0 fully saturated rings. The van der Waals surface area contributed by atoms with Gasteiger partial charge >= 0.3 is 0 Å². The molecule has 0 heterocycles. The zero-order valence-electron chi connectivity index (χ0n) is 6.12. The predicted molar refractivity (Wildman–Crippen MR) is 41.4 cm³/mol. The van der Waals surface area contributed by atoms with Crippen LogP contribution in [-0.4, -0.2) is 0 Å². The molecule has 0 aromatic carbocycles. The molecule has 0 aromatic heterocycles. The largest absolute Gasteiger partial charge is 0.517 e. The molecule has 10 heavy (non-hydrogen) atoms. The molecule has 1 heteroatoms. The maximum atomic E-state index is 3.54. The van der Waals surface area contributed by atoms with Crippen LogP contribution in [0.2, 0.25) is 0 Å². The molecule has 0 saturated heterocycles. The Balaban J connectivity index is 0. The molecule has 0 unspecified atom stereocenters. The third kappa shape index (κ3) is 3.65. The van der Waals surface area contributed by atoms with E-state index in [2.05, 4.69) is 12.7 Å². The average molecular weight is 170 g/mol. The SMILES string of the molecule is C=[C-]C1C=C[CH-]C=C1.[CH3-].[V]. The molecule has 0 N–H and O–H groups in total. The van der Waals surface area contributed by atoms with Crippen LogP contribution in [0.5, 0.6) is 0 Å². The van der Waals surface area contributed by atoms with Crippen LogP contribution in [-0.2, 0) is 18.6 Å². The molecule has 55 valence electrons. The Bertz CT molecular complexity index is 122. The van der Waals surface area contributed by atoms with E-state index in [1.54, 1.807) is 0 Å². The maximum Gasteiger partial charge on any atom is 0 e. The van der Waals surface area contributed by atoms with E-state index in [1.807, 2.05) is 30.7 Å². The number of allylic oxidation sites excluding steroid dienone is 5. The summed E-state index contributed by atoms with van der Waals surface area (Å²) in [6, 6.07) is 0. The van der Waals surface area contributed by atoms with Crippen LogP contribution in [0.15, 0.2) is 30.9 Å². The number of rotatable bonds is 1. The Labute approximate surface area is 75.6 Å². The van der Waals surface area contributed by atoms with Crippen molar-refractivity contribution in [3.8, 4) is 0 Å². The summed E-state index contributed by atoms with van der Waals surface area (Å²) in [7, 11) is 0. The first-order valence-electron chi connectivity index (χ1n) is 2.64. The summed E-state index contributed by atoms with van der Waals surface area (Å²) in [5.74, 6) is 0.333. The van der Waals surface area contributed by atoms with Crippen molar-refractivity contribution in [2.75, 3.05) is 0 Å². The molecular weight excluding hydrogens is 159 g/mol. The van der Waals surface area contributed by atoms with Crippen LogP contribution >= 0.6 is 0 Å². The molecule has 0 aliphatic heterocycles. The Hall–Kier alpha value is -0.326. The van der Waals surface area contributed by atoms with E-state index in [0.717, 1.165) is 0 Å². The van der Waals surface area contributed by atoms with Crippen molar-refractivity contribution in [3.63, 3.8) is 0 Å². The third-order valence-corrected chi connectivity index (χ3v) is 1.09. The smallest absolute Gasteiger partial charge is 0 e. The van der Waals surface area contributed by atoms with Gasteiger partial charge in [-0.25, -0.2) is 18.1 Å². The van der Waals surface area contributed by atoms with Crippen LogP contribution in [0.4, 0.5) is 0 Å². The van der Waals surface area contributed by atoms with Gasteiger partial charge in [-0.1, -0.05) is 0 Å². The summed E-state index contributed by atoms with van der Waals surface area (Å²) >= 11 is 0. The molecule has 0 spiro atoms. The summed E-state index contributed by atoms with van der Waals surface area (Å²) in [6.45, 7) is 3.54. The first-order valence-corrected chi connectivity index (χ1v) is 2.64. The van der Waals surface area contributed by atoms with Gasteiger partial charge in [0, 0.05) is 18.6 Å². The molecule has 0 aromatic rings. The molecular formula is C9H11V-3. The van der Waals surface area contributed by atoms with Crippen molar-refractivity contribution in [1.82, 2.24) is 0 Å². The van der Waals surface area contributed by atoms with Gasteiger partial charge in [-0.3, -0.25) is 6.58 Å². The first kappa shape index (κ1) is 12.4. The van der Waals surface area contributed by atoms with Gasteiger partial charge in [-0.05, 0) is 0 Å². The van der Waals surface area contributed by atoms with Gasteiger partial charge in [0.2, 0.25) is 0 Å². The quantitative estimate of drug-likeness (QED) is 0.530. The monoisotopic (exact) mass is 170 g/mol. The summed E-state index contributed by atoms with van der Waals surface area (Å²) in [5.41, 5.74) is 0. The number of hydrogen-bond donors (Lipinski definition) is 0. The van der Waals surface area contributed by atoms with Gasteiger partial charge in [0.1, 0.15) is 0 Å². The van der Waals surface area contributed by atoms with Gasteiger partial charge in [0.05, 0.1) is 0 Å². The van der Waals surface area contributed by atoms with Crippen molar-refractivity contribution in [3.05, 3.63) is 50.8 Å². The summed E-state index contributed by atoms with van der Waals surface area (Å²) in [5, 5.41) is 0. The minimum atomic E-state index is 0. The standard InChI is InChI=1S/C8H8.CH3.V/c1-2-8-6-4-3-5-7-8;;/h3-8H,1H2;1H3;/q-2;-1;. The van der Waals surface area contributed by atoms with E-state index in [4.69, 9.17) is 0 Å². The van der Waals surface area contributed by atoms with Crippen molar-refractivity contribution in [2.24, 2.45) is 5.92 Å². The zero-order valence-corrected chi connectivity index (χ0v) is 7.52. The Kier molecular flexibility index (Phi) is 8.39. The Morgan fingerprint density at radius 1 is 1.30 bits per heavy atom. The molecule has 0 atom stereocenters. The fourth-order valence-corrected chi connectivity index (χ4v) is 0.632. The summed E-state index contributed by atoms with van der Waals surface area (Å²) in [4.78, 5) is 0. The van der Waals surface area contributed by atoms with Gasteiger partial charge in [-0.15, -0.1) is 0 Å². The van der Waals surface area contributed by atoms with Gasteiger partial charge < -0.3 is 13.5 Å². The summed E-state index contributed by atoms with van der Waals surface area (Å²) in [6.07, 6.45) is 13.0. The van der Waals surface area contributed by atoms with Crippen molar-refractivity contribution >= 4 is 0 Å². The minimum absolute atomic E-state index is 0. The van der Waals surface area contributed by atoms with E-state index in [1.165, 1.54) is 0 Å². The van der Waals surface area contributed by atoms with Crippen molar-refractivity contribution in [1.29, 1.82) is 0 Å². The zero-order chi connectivity index (χ0) is 5.82. The van der Waals surface area contributed by atoms with Crippen LogP contribution in [0, 0.1) is 25.8 Å². The average Bonchev–Trinajstić information content (AvgIpc) is 1.90. The second-order valence-corrected chi connectivity index (χ2v) is 1.69. The molecule has 0 amide bonds.